The van der Waals surface area contributed by atoms with Crippen molar-refractivity contribution in [1.29, 1.82) is 0 Å². The van der Waals surface area contributed by atoms with E-state index in [-0.39, 0.29) is 17.9 Å². The van der Waals surface area contributed by atoms with Gasteiger partial charge in [0.25, 0.3) is 0 Å². The number of fused-ring (bicyclic) bond motifs is 1. The fourth-order valence-corrected chi connectivity index (χ4v) is 5.14. The van der Waals surface area contributed by atoms with Gasteiger partial charge in [0.15, 0.2) is 0 Å². The molecule has 0 saturated carbocycles. The number of rotatable bonds is 5. The van der Waals surface area contributed by atoms with Crippen LogP contribution in [0.5, 0.6) is 11.6 Å². The lowest BCUT2D eigenvalue weighted by molar-refractivity contribution is -0.126. The first-order chi connectivity index (χ1) is 16.9. The minimum atomic E-state index is -0.0501. The number of hydrogen-bond acceptors (Lipinski definition) is 6. The second kappa shape index (κ2) is 8.87. The number of likely N-dealkylation sites (tertiary alicyclic amines) is 1. The molecule has 4 aromatic rings. The highest BCUT2D eigenvalue weighted by Crippen LogP contribution is 2.44. The summed E-state index contributed by atoms with van der Waals surface area (Å²) in [5.74, 6) is 1.73. The van der Waals surface area contributed by atoms with E-state index in [2.05, 4.69) is 33.0 Å². The Labute approximate surface area is 204 Å². The summed E-state index contributed by atoms with van der Waals surface area (Å²) in [7, 11) is 2.00. The van der Waals surface area contributed by atoms with Crippen molar-refractivity contribution in [2.45, 2.75) is 32.2 Å². The third-order valence-electron chi connectivity index (χ3n) is 6.83. The summed E-state index contributed by atoms with van der Waals surface area (Å²) < 4.78 is 8.04. The predicted octanol–water partition coefficient (Wildman–Crippen LogP) is 4.60. The molecule has 0 bridgehead atoms. The first-order valence-electron chi connectivity index (χ1n) is 11.6. The van der Waals surface area contributed by atoms with Gasteiger partial charge in [0, 0.05) is 48.6 Å². The van der Waals surface area contributed by atoms with Crippen LogP contribution in [0.1, 0.15) is 30.7 Å². The Morgan fingerprint density at radius 3 is 2.69 bits per heavy atom. The largest absolute Gasteiger partial charge is 0.439 e. The molecule has 1 fully saturated rings. The molecule has 0 unspecified atom stereocenters. The average molecular weight is 469 g/mol. The fraction of sp³-hybridized carbons (Fsp3) is 0.259. The molecule has 0 aliphatic carbocycles. The molecule has 1 amide bonds. The van der Waals surface area contributed by atoms with Crippen molar-refractivity contribution in [3.8, 4) is 22.8 Å². The Bertz CT molecular complexity index is 1430. The van der Waals surface area contributed by atoms with Crippen LogP contribution in [0.3, 0.4) is 0 Å². The van der Waals surface area contributed by atoms with Gasteiger partial charge in [0.2, 0.25) is 11.8 Å². The highest BCUT2D eigenvalue weighted by atomic mass is 16.5. The van der Waals surface area contributed by atoms with E-state index in [0.29, 0.717) is 24.0 Å². The molecular formula is C27H28N6O2. The molecule has 178 valence electrons. The van der Waals surface area contributed by atoms with Gasteiger partial charge in [-0.3, -0.25) is 4.79 Å². The van der Waals surface area contributed by atoms with Crippen LogP contribution in [0.25, 0.3) is 22.2 Å². The number of nitrogens with two attached hydrogens (primary N) is 1. The van der Waals surface area contributed by atoms with Gasteiger partial charge < -0.3 is 19.9 Å². The van der Waals surface area contributed by atoms with Gasteiger partial charge in [-0.1, -0.05) is 24.8 Å². The molecule has 0 radical (unpaired) electrons. The van der Waals surface area contributed by atoms with Gasteiger partial charge in [-0.25, -0.2) is 15.0 Å². The van der Waals surface area contributed by atoms with E-state index < -0.39 is 0 Å². The first kappa shape index (κ1) is 22.6. The summed E-state index contributed by atoms with van der Waals surface area (Å²) in [5.41, 5.74) is 11.1. The maximum Gasteiger partial charge on any atom is 0.246 e. The second-order valence-corrected chi connectivity index (χ2v) is 8.89. The van der Waals surface area contributed by atoms with Gasteiger partial charge in [-0.2, -0.15) is 0 Å². The molecule has 0 spiro atoms. The van der Waals surface area contributed by atoms with E-state index in [1.54, 1.807) is 0 Å². The molecule has 2 atom stereocenters. The molecule has 1 aliphatic heterocycles. The fourth-order valence-electron chi connectivity index (χ4n) is 5.14. The van der Waals surface area contributed by atoms with E-state index in [1.807, 2.05) is 61.3 Å². The lowest BCUT2D eigenvalue weighted by Crippen LogP contribution is -2.34. The monoisotopic (exact) mass is 468 g/mol. The van der Waals surface area contributed by atoms with E-state index in [9.17, 15) is 4.79 Å². The second-order valence-electron chi connectivity index (χ2n) is 8.89. The zero-order valence-electron chi connectivity index (χ0n) is 20.1. The minimum absolute atomic E-state index is 0.00597. The van der Waals surface area contributed by atoms with Gasteiger partial charge in [-0.15, -0.1) is 0 Å². The maximum atomic E-state index is 12.4. The molecule has 35 heavy (non-hydrogen) atoms. The van der Waals surface area contributed by atoms with Crippen LogP contribution >= 0.6 is 0 Å². The van der Waals surface area contributed by atoms with E-state index in [1.165, 1.54) is 12.4 Å². The molecular weight excluding hydrogens is 440 g/mol. The molecule has 3 aromatic heterocycles. The molecule has 1 saturated heterocycles. The number of aryl methyl sites for hydroxylation is 2. The number of anilines is 1. The highest BCUT2D eigenvalue weighted by Gasteiger charge is 2.38. The number of benzene rings is 1. The Hall–Kier alpha value is -4.20. The van der Waals surface area contributed by atoms with Crippen molar-refractivity contribution >= 4 is 22.8 Å². The summed E-state index contributed by atoms with van der Waals surface area (Å²) >= 11 is 0. The number of nitrogen functional groups attached to an aromatic ring is 1. The Kier molecular flexibility index (Phi) is 5.72. The van der Waals surface area contributed by atoms with Crippen molar-refractivity contribution in [1.82, 2.24) is 24.4 Å². The standard InChI is InChI=1S/C27H28N6O2/c1-5-22(34)33-14-13-20(17(33)3)25-23(24-26(28)29-15-30-27(24)32(25)4)18-9-11-19(12-10-18)35-21-8-6-7-16(2)31-21/h5-12,15,17,20H,1,13-14H2,2-4H3,(H2,28,29,30)/t17-,20-/m0/s1. The molecule has 4 heterocycles. The minimum Gasteiger partial charge on any atom is -0.439 e. The number of ether oxygens (including phenoxy) is 1. The van der Waals surface area contributed by atoms with Crippen molar-refractivity contribution in [3.05, 3.63) is 72.8 Å². The molecule has 8 nitrogen and oxygen atoms in total. The molecule has 5 rings (SSSR count). The number of amides is 1. The van der Waals surface area contributed by atoms with Gasteiger partial charge >= 0.3 is 0 Å². The zero-order chi connectivity index (χ0) is 24.7. The lowest BCUT2D eigenvalue weighted by Gasteiger charge is -2.25. The van der Waals surface area contributed by atoms with Crippen LogP contribution in [-0.4, -0.2) is 42.9 Å². The van der Waals surface area contributed by atoms with Gasteiger partial charge in [-0.05, 0) is 50.1 Å². The van der Waals surface area contributed by atoms with Crippen molar-refractivity contribution in [2.75, 3.05) is 12.3 Å². The van der Waals surface area contributed by atoms with Gasteiger partial charge in [0.05, 0.1) is 5.39 Å². The normalized spacial score (nSPS) is 17.6. The Morgan fingerprint density at radius 2 is 1.97 bits per heavy atom. The number of nitrogens with zero attached hydrogens (tertiary/aromatic N) is 5. The first-order valence-corrected chi connectivity index (χ1v) is 11.6. The molecule has 2 N–H and O–H groups in total. The van der Waals surface area contributed by atoms with Crippen molar-refractivity contribution in [3.63, 3.8) is 0 Å². The smallest absolute Gasteiger partial charge is 0.246 e. The van der Waals surface area contributed by atoms with Crippen LogP contribution < -0.4 is 10.5 Å². The number of aromatic nitrogens is 4. The SMILES string of the molecule is C=CC(=O)N1CC[C@H](c2c(-c3ccc(Oc4cccc(C)n4)cc3)c3c(N)ncnc3n2C)[C@@H]1C. The van der Waals surface area contributed by atoms with E-state index >= 15 is 0 Å². The number of pyridine rings is 1. The van der Waals surface area contributed by atoms with Crippen LogP contribution in [0.2, 0.25) is 0 Å². The van der Waals surface area contributed by atoms with Crippen molar-refractivity contribution < 1.29 is 9.53 Å². The predicted molar refractivity (Wildman–Crippen MR) is 136 cm³/mol. The van der Waals surface area contributed by atoms with Gasteiger partial charge in [0.1, 0.15) is 23.5 Å². The molecule has 1 aliphatic rings. The summed E-state index contributed by atoms with van der Waals surface area (Å²) in [6.07, 6.45) is 3.71. The third-order valence-corrected chi connectivity index (χ3v) is 6.83. The maximum absolute atomic E-state index is 12.4. The summed E-state index contributed by atoms with van der Waals surface area (Å²) in [6, 6.07) is 13.6. The summed E-state index contributed by atoms with van der Waals surface area (Å²) in [4.78, 5) is 27.5. The number of carbonyl (C=O) groups is 1. The Balaban J connectivity index is 1.59. The summed E-state index contributed by atoms with van der Waals surface area (Å²) in [6.45, 7) is 8.35. The number of carbonyl (C=O) groups excluding carboxylic acids is 1. The quantitative estimate of drug-likeness (QED) is 0.430. The van der Waals surface area contributed by atoms with Crippen molar-refractivity contribution in [2.24, 2.45) is 7.05 Å². The summed E-state index contributed by atoms with van der Waals surface area (Å²) in [5, 5.41) is 0.819. The van der Waals surface area contributed by atoms with Crippen LogP contribution in [0, 0.1) is 6.92 Å². The average Bonchev–Trinajstić information content (AvgIpc) is 3.37. The lowest BCUT2D eigenvalue weighted by atomic mass is 9.90. The highest BCUT2D eigenvalue weighted by molar-refractivity contribution is 6.02. The van der Waals surface area contributed by atoms with E-state index in [0.717, 1.165) is 40.0 Å². The van der Waals surface area contributed by atoms with Crippen LogP contribution in [0.15, 0.2) is 61.4 Å². The van der Waals surface area contributed by atoms with E-state index in [4.69, 9.17) is 10.5 Å². The zero-order valence-corrected chi connectivity index (χ0v) is 20.1. The molecule has 8 heteroatoms. The molecule has 1 aromatic carbocycles. The van der Waals surface area contributed by atoms with Crippen LogP contribution in [-0.2, 0) is 11.8 Å². The number of hydrogen-bond donors (Lipinski definition) is 1. The topological polar surface area (TPSA) is 99.2 Å². The Morgan fingerprint density at radius 1 is 1.20 bits per heavy atom. The van der Waals surface area contributed by atoms with Crippen LogP contribution in [0.4, 0.5) is 5.82 Å². The third kappa shape index (κ3) is 3.90.